The minimum absolute atomic E-state index is 0.368. The zero-order valence-electron chi connectivity index (χ0n) is 16.6. The molecule has 8 nitrogen and oxygen atoms in total. The van der Waals surface area contributed by atoms with Crippen LogP contribution in [0.1, 0.15) is 24.6 Å². The Morgan fingerprint density at radius 1 is 1.21 bits per heavy atom. The van der Waals surface area contributed by atoms with Gasteiger partial charge in [0.15, 0.2) is 0 Å². The molecule has 0 aliphatic rings. The molecule has 2 aromatic heterocycles. The Morgan fingerprint density at radius 2 is 2.03 bits per heavy atom. The number of nitrogens with one attached hydrogen (secondary N) is 1. The van der Waals surface area contributed by atoms with E-state index in [4.69, 9.17) is 4.74 Å². The molecular weight excluding hydrogens is 370 g/mol. The fourth-order valence-corrected chi connectivity index (χ4v) is 2.93. The van der Waals surface area contributed by atoms with Gasteiger partial charge in [0.2, 0.25) is 11.8 Å². The van der Waals surface area contributed by atoms with Gasteiger partial charge in [-0.25, -0.2) is 4.98 Å². The second-order valence-corrected chi connectivity index (χ2v) is 6.69. The van der Waals surface area contributed by atoms with Crippen molar-refractivity contribution in [2.45, 2.75) is 26.7 Å². The second-order valence-electron chi connectivity index (χ2n) is 6.69. The Kier molecular flexibility index (Phi) is 6.33. The van der Waals surface area contributed by atoms with E-state index in [9.17, 15) is 9.90 Å². The van der Waals surface area contributed by atoms with Gasteiger partial charge in [-0.05, 0) is 49.2 Å². The molecule has 0 radical (unpaired) electrons. The van der Waals surface area contributed by atoms with Crippen molar-refractivity contribution >= 4 is 17.6 Å². The summed E-state index contributed by atoms with van der Waals surface area (Å²) < 4.78 is 5.12. The number of carboxylic acid groups (broad SMARTS) is 1. The molecule has 0 spiro atoms. The molecule has 0 saturated heterocycles. The molecule has 8 heteroatoms. The van der Waals surface area contributed by atoms with Crippen molar-refractivity contribution in [1.82, 2.24) is 20.2 Å². The summed E-state index contributed by atoms with van der Waals surface area (Å²) in [5, 5.41) is 20.9. The number of rotatable bonds is 8. The standard InChI is InChI=1S/C21H23N5O3/c1-4-14(20(27)28)11-16-5-6-18(26-25-16)15-9-13(2)10-17(12-15)23-21-22-8-7-19(24-21)29-3/h5-10,12,14H,4,11H2,1-3H3,(H,27,28)(H,22,23,24). The number of carboxylic acids is 1. The van der Waals surface area contributed by atoms with Gasteiger partial charge in [-0.15, -0.1) is 0 Å². The van der Waals surface area contributed by atoms with Crippen molar-refractivity contribution in [3.63, 3.8) is 0 Å². The van der Waals surface area contributed by atoms with Crippen LogP contribution in [-0.2, 0) is 11.2 Å². The normalized spacial score (nSPS) is 11.7. The maximum Gasteiger partial charge on any atom is 0.306 e. The van der Waals surface area contributed by atoms with E-state index >= 15 is 0 Å². The Balaban J connectivity index is 1.81. The summed E-state index contributed by atoms with van der Waals surface area (Å²) in [5.41, 5.74) is 4.11. The molecule has 150 valence electrons. The van der Waals surface area contributed by atoms with Gasteiger partial charge < -0.3 is 15.2 Å². The number of methoxy groups -OCH3 is 1. The molecule has 0 aliphatic heterocycles. The molecule has 0 aliphatic carbocycles. The average Bonchev–Trinajstić information content (AvgIpc) is 2.72. The summed E-state index contributed by atoms with van der Waals surface area (Å²) in [6.07, 6.45) is 2.54. The van der Waals surface area contributed by atoms with Crippen LogP contribution in [0.15, 0.2) is 42.6 Å². The first-order valence-electron chi connectivity index (χ1n) is 9.30. The first-order chi connectivity index (χ1) is 14.0. The third kappa shape index (κ3) is 5.25. The molecule has 0 amide bonds. The van der Waals surface area contributed by atoms with Gasteiger partial charge in [-0.1, -0.05) is 6.92 Å². The predicted molar refractivity (Wildman–Crippen MR) is 109 cm³/mol. The number of hydrogen-bond donors (Lipinski definition) is 2. The summed E-state index contributed by atoms with van der Waals surface area (Å²) in [4.78, 5) is 19.7. The van der Waals surface area contributed by atoms with E-state index in [1.807, 2.05) is 44.2 Å². The van der Waals surface area contributed by atoms with E-state index in [1.54, 1.807) is 19.4 Å². The number of aryl methyl sites for hydroxylation is 1. The molecule has 3 rings (SSSR count). The summed E-state index contributed by atoms with van der Waals surface area (Å²) in [6, 6.07) is 11.3. The molecule has 0 saturated carbocycles. The predicted octanol–water partition coefficient (Wildman–Crippen LogP) is 3.65. The van der Waals surface area contributed by atoms with Gasteiger partial charge in [-0.3, -0.25) is 4.79 Å². The van der Waals surface area contributed by atoms with Crippen molar-refractivity contribution in [2.75, 3.05) is 12.4 Å². The highest BCUT2D eigenvalue weighted by Gasteiger charge is 2.16. The van der Waals surface area contributed by atoms with Crippen molar-refractivity contribution in [3.8, 4) is 17.1 Å². The maximum atomic E-state index is 11.2. The van der Waals surface area contributed by atoms with Gasteiger partial charge in [0.1, 0.15) is 0 Å². The van der Waals surface area contributed by atoms with E-state index in [-0.39, 0.29) is 0 Å². The van der Waals surface area contributed by atoms with Crippen LogP contribution in [0.25, 0.3) is 11.3 Å². The van der Waals surface area contributed by atoms with Crippen LogP contribution in [0.5, 0.6) is 5.88 Å². The largest absolute Gasteiger partial charge is 0.481 e. The third-order valence-corrected chi connectivity index (χ3v) is 4.49. The SMILES string of the molecule is CCC(Cc1ccc(-c2cc(C)cc(Nc3nccc(OC)n3)c2)nn1)C(=O)O. The van der Waals surface area contributed by atoms with E-state index in [0.717, 1.165) is 16.8 Å². The minimum Gasteiger partial charge on any atom is -0.481 e. The summed E-state index contributed by atoms with van der Waals surface area (Å²) in [6.45, 7) is 3.84. The van der Waals surface area contributed by atoms with Crippen LogP contribution >= 0.6 is 0 Å². The zero-order chi connectivity index (χ0) is 20.8. The Hall–Kier alpha value is -3.55. The average molecular weight is 393 g/mol. The maximum absolute atomic E-state index is 11.2. The van der Waals surface area contributed by atoms with Crippen molar-refractivity contribution in [3.05, 3.63) is 53.9 Å². The lowest BCUT2D eigenvalue weighted by Gasteiger charge is -2.11. The van der Waals surface area contributed by atoms with E-state index in [1.165, 1.54) is 0 Å². The molecule has 29 heavy (non-hydrogen) atoms. The molecule has 2 heterocycles. The fourth-order valence-electron chi connectivity index (χ4n) is 2.93. The number of aliphatic carboxylic acids is 1. The van der Waals surface area contributed by atoms with Crippen LogP contribution in [0.3, 0.4) is 0 Å². The molecule has 3 aromatic rings. The smallest absolute Gasteiger partial charge is 0.306 e. The monoisotopic (exact) mass is 393 g/mol. The Labute approximate surface area is 169 Å². The minimum atomic E-state index is -0.812. The number of benzene rings is 1. The fraction of sp³-hybridized carbons (Fsp3) is 0.286. The molecule has 1 unspecified atom stereocenters. The molecule has 0 bridgehead atoms. The van der Waals surface area contributed by atoms with Crippen molar-refractivity contribution in [1.29, 1.82) is 0 Å². The molecular formula is C21H23N5O3. The molecule has 0 fully saturated rings. The van der Waals surface area contributed by atoms with Crippen LogP contribution in [0, 0.1) is 12.8 Å². The lowest BCUT2D eigenvalue weighted by atomic mass is 10.00. The number of carbonyl (C=O) groups is 1. The third-order valence-electron chi connectivity index (χ3n) is 4.49. The Bertz CT molecular complexity index is 992. The molecule has 1 aromatic carbocycles. The summed E-state index contributed by atoms with van der Waals surface area (Å²) in [5.74, 6) is -0.356. The van der Waals surface area contributed by atoms with Crippen molar-refractivity contribution in [2.24, 2.45) is 5.92 Å². The Morgan fingerprint density at radius 3 is 2.69 bits per heavy atom. The number of aromatic nitrogens is 4. The van der Waals surface area contributed by atoms with Crippen LogP contribution in [0.2, 0.25) is 0 Å². The zero-order valence-corrected chi connectivity index (χ0v) is 16.6. The van der Waals surface area contributed by atoms with Crippen LogP contribution in [-0.4, -0.2) is 38.4 Å². The lowest BCUT2D eigenvalue weighted by molar-refractivity contribution is -0.141. The summed E-state index contributed by atoms with van der Waals surface area (Å²) >= 11 is 0. The second kappa shape index (κ2) is 9.09. The van der Waals surface area contributed by atoms with E-state index < -0.39 is 11.9 Å². The van der Waals surface area contributed by atoms with E-state index in [2.05, 4.69) is 25.5 Å². The number of hydrogen-bond acceptors (Lipinski definition) is 7. The number of anilines is 2. The van der Waals surface area contributed by atoms with Gasteiger partial charge in [0, 0.05) is 29.9 Å². The van der Waals surface area contributed by atoms with Crippen LogP contribution in [0.4, 0.5) is 11.6 Å². The highest BCUT2D eigenvalue weighted by atomic mass is 16.5. The number of nitrogens with zero attached hydrogens (tertiary/aromatic N) is 4. The van der Waals surface area contributed by atoms with Gasteiger partial charge in [-0.2, -0.15) is 15.2 Å². The summed E-state index contributed by atoms with van der Waals surface area (Å²) in [7, 11) is 1.55. The van der Waals surface area contributed by atoms with Gasteiger partial charge in [0.25, 0.3) is 0 Å². The number of ether oxygens (including phenoxy) is 1. The van der Waals surface area contributed by atoms with Gasteiger partial charge in [0.05, 0.1) is 24.4 Å². The first-order valence-corrected chi connectivity index (χ1v) is 9.30. The molecule has 2 N–H and O–H groups in total. The highest BCUT2D eigenvalue weighted by Crippen LogP contribution is 2.25. The molecule has 1 atom stereocenters. The first kappa shape index (κ1) is 20.2. The lowest BCUT2D eigenvalue weighted by Crippen LogP contribution is -2.16. The van der Waals surface area contributed by atoms with E-state index in [0.29, 0.717) is 36.1 Å². The highest BCUT2D eigenvalue weighted by molar-refractivity contribution is 5.70. The topological polar surface area (TPSA) is 110 Å². The van der Waals surface area contributed by atoms with Crippen LogP contribution < -0.4 is 10.1 Å². The van der Waals surface area contributed by atoms with Gasteiger partial charge >= 0.3 is 5.97 Å². The van der Waals surface area contributed by atoms with Crippen molar-refractivity contribution < 1.29 is 14.6 Å². The quantitative estimate of drug-likeness (QED) is 0.597.